The zero-order valence-electron chi connectivity index (χ0n) is 8.33. The van der Waals surface area contributed by atoms with Crippen LogP contribution in [0.5, 0.6) is 0 Å². The largest absolute Gasteiger partial charge is 0.313 e. The summed E-state index contributed by atoms with van der Waals surface area (Å²) in [6, 6.07) is 4.45. The van der Waals surface area contributed by atoms with Gasteiger partial charge >= 0.3 is 0 Å². The van der Waals surface area contributed by atoms with Crippen molar-refractivity contribution in [2.24, 2.45) is 0 Å². The topological polar surface area (TPSA) is 24.9 Å². The van der Waals surface area contributed by atoms with Crippen molar-refractivity contribution >= 4 is 0 Å². The zero-order chi connectivity index (χ0) is 9.40. The molecule has 0 aliphatic rings. The molecule has 1 rings (SSSR count). The summed E-state index contributed by atoms with van der Waals surface area (Å²) in [7, 11) is 1.95. The molecule has 0 saturated carbocycles. The second-order valence-corrected chi connectivity index (χ2v) is 2.29. The van der Waals surface area contributed by atoms with Gasteiger partial charge in [0.25, 0.3) is 0 Å². The molecule has 2 heteroatoms. The fraction of sp³-hybridized carbons (Fsp3) is 0.500. The van der Waals surface area contributed by atoms with Crippen molar-refractivity contribution in [3.05, 3.63) is 30.1 Å². The quantitative estimate of drug-likeness (QED) is 0.729. The van der Waals surface area contributed by atoms with Crippen molar-refractivity contribution in [1.29, 1.82) is 0 Å². The average Bonchev–Trinajstić information content (AvgIpc) is 2.21. The smallest absolute Gasteiger partial charge is 0.0290 e. The normalized spacial score (nSPS) is 11.3. The minimum atomic E-state index is 0.419. The van der Waals surface area contributed by atoms with Crippen LogP contribution in [0.15, 0.2) is 24.5 Å². The molecule has 0 fully saturated rings. The summed E-state index contributed by atoms with van der Waals surface area (Å²) in [5, 5.41) is 3.15. The van der Waals surface area contributed by atoms with Gasteiger partial charge < -0.3 is 5.32 Å². The van der Waals surface area contributed by atoms with Gasteiger partial charge in [0, 0.05) is 18.4 Å². The predicted molar refractivity (Wildman–Crippen MR) is 53.1 cm³/mol. The predicted octanol–water partition coefficient (Wildman–Crippen LogP) is 2.39. The molecule has 0 radical (unpaired) electrons. The highest BCUT2D eigenvalue weighted by Crippen LogP contribution is 2.08. The van der Waals surface area contributed by atoms with E-state index < -0.39 is 0 Å². The van der Waals surface area contributed by atoms with E-state index in [9.17, 15) is 0 Å². The summed E-state index contributed by atoms with van der Waals surface area (Å²) in [4.78, 5) is 3.93. The van der Waals surface area contributed by atoms with Crippen molar-refractivity contribution in [2.45, 2.75) is 26.8 Å². The van der Waals surface area contributed by atoms with Gasteiger partial charge in [0.1, 0.15) is 0 Å². The molecule has 0 saturated heterocycles. The summed E-state index contributed by atoms with van der Waals surface area (Å²) in [5.41, 5.74) is 1.28. The summed E-state index contributed by atoms with van der Waals surface area (Å²) < 4.78 is 0. The summed E-state index contributed by atoms with van der Waals surface area (Å²) in [6.45, 7) is 6.12. The van der Waals surface area contributed by atoms with Gasteiger partial charge in [-0.05, 0) is 31.7 Å². The van der Waals surface area contributed by atoms with Gasteiger partial charge in [-0.25, -0.2) is 0 Å². The molecule has 2 nitrogen and oxygen atoms in total. The Morgan fingerprint density at radius 2 is 1.75 bits per heavy atom. The fourth-order valence-electron chi connectivity index (χ4n) is 0.819. The van der Waals surface area contributed by atoms with E-state index in [0.717, 1.165) is 0 Å². The second kappa shape index (κ2) is 6.80. The lowest BCUT2D eigenvalue weighted by Crippen LogP contribution is -2.11. The first-order chi connectivity index (χ1) is 5.84. The highest BCUT2D eigenvalue weighted by Gasteiger charge is 1.98. The Morgan fingerprint density at radius 3 is 2.17 bits per heavy atom. The van der Waals surface area contributed by atoms with Crippen LogP contribution in [-0.2, 0) is 0 Å². The Balaban J connectivity index is 0.000000561. The van der Waals surface area contributed by atoms with Gasteiger partial charge in [-0.3, -0.25) is 4.98 Å². The number of pyridine rings is 1. The highest BCUT2D eigenvalue weighted by atomic mass is 14.9. The van der Waals surface area contributed by atoms with E-state index in [-0.39, 0.29) is 0 Å². The van der Waals surface area contributed by atoms with Crippen molar-refractivity contribution in [2.75, 3.05) is 7.05 Å². The fourth-order valence-corrected chi connectivity index (χ4v) is 0.819. The first kappa shape index (κ1) is 11.1. The number of hydrogen-bond acceptors (Lipinski definition) is 2. The third kappa shape index (κ3) is 3.49. The average molecular weight is 166 g/mol. The Labute approximate surface area is 75.0 Å². The van der Waals surface area contributed by atoms with Gasteiger partial charge in [-0.2, -0.15) is 0 Å². The summed E-state index contributed by atoms with van der Waals surface area (Å²) >= 11 is 0. The Kier molecular flexibility index (Phi) is 6.29. The first-order valence-corrected chi connectivity index (χ1v) is 4.42. The van der Waals surface area contributed by atoms with Crippen LogP contribution in [0.4, 0.5) is 0 Å². The molecule has 0 amide bonds. The van der Waals surface area contributed by atoms with Crippen molar-refractivity contribution < 1.29 is 0 Å². The van der Waals surface area contributed by atoms with Gasteiger partial charge in [0.05, 0.1) is 0 Å². The Morgan fingerprint density at radius 1 is 1.25 bits per heavy atom. The van der Waals surface area contributed by atoms with Gasteiger partial charge in [-0.15, -0.1) is 0 Å². The third-order valence-corrected chi connectivity index (χ3v) is 1.64. The maximum absolute atomic E-state index is 3.93. The molecule has 0 aliphatic carbocycles. The second-order valence-electron chi connectivity index (χ2n) is 2.29. The molecule has 0 aromatic carbocycles. The van der Waals surface area contributed by atoms with Crippen molar-refractivity contribution in [3.63, 3.8) is 0 Å². The molecule has 1 N–H and O–H groups in total. The highest BCUT2D eigenvalue weighted by molar-refractivity contribution is 5.13. The van der Waals surface area contributed by atoms with E-state index in [2.05, 4.69) is 17.2 Å². The first-order valence-electron chi connectivity index (χ1n) is 4.42. The number of nitrogens with one attached hydrogen (secondary N) is 1. The third-order valence-electron chi connectivity index (χ3n) is 1.64. The standard InChI is InChI=1S/C8H12N2.C2H6/c1-7(9-2)8-3-5-10-6-4-8;1-2/h3-7,9H,1-2H3;1-2H3. The SMILES string of the molecule is CC.CNC(C)c1ccncc1. The van der Waals surface area contributed by atoms with E-state index in [4.69, 9.17) is 0 Å². The maximum atomic E-state index is 3.93. The Hall–Kier alpha value is -0.890. The van der Waals surface area contributed by atoms with Gasteiger partial charge in [0.15, 0.2) is 0 Å². The monoisotopic (exact) mass is 166 g/mol. The lowest BCUT2D eigenvalue weighted by molar-refractivity contribution is 0.651. The van der Waals surface area contributed by atoms with Crippen molar-refractivity contribution in [3.8, 4) is 0 Å². The molecule has 1 heterocycles. The number of nitrogens with zero attached hydrogens (tertiary/aromatic N) is 1. The molecule has 0 bridgehead atoms. The number of hydrogen-bond donors (Lipinski definition) is 1. The van der Waals surface area contributed by atoms with Crippen LogP contribution in [0, 0.1) is 0 Å². The van der Waals surface area contributed by atoms with E-state index in [1.54, 1.807) is 0 Å². The molecule has 0 aliphatic heterocycles. The summed E-state index contributed by atoms with van der Waals surface area (Å²) in [6.07, 6.45) is 3.62. The van der Waals surface area contributed by atoms with Crippen LogP contribution in [0.1, 0.15) is 32.4 Å². The minimum Gasteiger partial charge on any atom is -0.313 e. The molecule has 68 valence electrons. The van der Waals surface area contributed by atoms with Crippen LogP contribution in [0.25, 0.3) is 0 Å². The van der Waals surface area contributed by atoms with E-state index in [1.165, 1.54) is 5.56 Å². The zero-order valence-corrected chi connectivity index (χ0v) is 8.33. The molecular weight excluding hydrogens is 148 g/mol. The molecule has 12 heavy (non-hydrogen) atoms. The molecular formula is C10H18N2. The number of rotatable bonds is 2. The number of aromatic nitrogens is 1. The van der Waals surface area contributed by atoms with Gasteiger partial charge in [-0.1, -0.05) is 13.8 Å². The lowest BCUT2D eigenvalue weighted by atomic mass is 10.1. The van der Waals surface area contributed by atoms with E-state index in [1.807, 2.05) is 45.4 Å². The molecule has 1 aromatic rings. The van der Waals surface area contributed by atoms with Crippen LogP contribution >= 0.6 is 0 Å². The molecule has 1 aromatic heterocycles. The van der Waals surface area contributed by atoms with Gasteiger partial charge in [0.2, 0.25) is 0 Å². The Bertz CT molecular complexity index is 184. The van der Waals surface area contributed by atoms with E-state index in [0.29, 0.717) is 6.04 Å². The van der Waals surface area contributed by atoms with Crippen LogP contribution in [-0.4, -0.2) is 12.0 Å². The molecule has 1 unspecified atom stereocenters. The van der Waals surface area contributed by atoms with Crippen molar-refractivity contribution in [1.82, 2.24) is 10.3 Å². The molecule has 0 spiro atoms. The lowest BCUT2D eigenvalue weighted by Gasteiger charge is -2.08. The maximum Gasteiger partial charge on any atom is 0.0290 e. The summed E-state index contributed by atoms with van der Waals surface area (Å²) in [5.74, 6) is 0. The van der Waals surface area contributed by atoms with Crippen LogP contribution < -0.4 is 5.32 Å². The van der Waals surface area contributed by atoms with E-state index >= 15 is 0 Å². The minimum absolute atomic E-state index is 0.419. The molecule has 1 atom stereocenters. The van der Waals surface area contributed by atoms with Crippen LogP contribution in [0.2, 0.25) is 0 Å². The van der Waals surface area contributed by atoms with Crippen LogP contribution in [0.3, 0.4) is 0 Å².